The van der Waals surface area contributed by atoms with Gasteiger partial charge in [-0.05, 0) is 30.5 Å². The maximum Gasteiger partial charge on any atom is 0.227 e. The summed E-state index contributed by atoms with van der Waals surface area (Å²) in [5.41, 5.74) is 2.15. The fourth-order valence-electron chi connectivity index (χ4n) is 2.14. The number of aromatic nitrogens is 2. The Morgan fingerprint density at radius 2 is 1.90 bits per heavy atom. The molecule has 0 bridgehead atoms. The van der Waals surface area contributed by atoms with E-state index < -0.39 is 0 Å². The average Bonchev–Trinajstić information content (AvgIpc) is 2.54. The molecule has 21 heavy (non-hydrogen) atoms. The highest BCUT2D eigenvalue weighted by Crippen LogP contribution is 2.34. The molecular weight excluding hydrogens is 266 g/mol. The van der Waals surface area contributed by atoms with Gasteiger partial charge in [0, 0.05) is 7.05 Å². The first-order valence-corrected chi connectivity index (χ1v) is 7.09. The molecule has 1 aromatic carbocycles. The summed E-state index contributed by atoms with van der Waals surface area (Å²) in [5.74, 6) is 2.71. The summed E-state index contributed by atoms with van der Waals surface area (Å²) in [6.45, 7) is 4.15. The number of hydrogen-bond acceptors (Lipinski definition) is 5. The van der Waals surface area contributed by atoms with Gasteiger partial charge in [-0.25, -0.2) is 9.97 Å². The summed E-state index contributed by atoms with van der Waals surface area (Å²) in [6, 6.07) is 5.93. The maximum atomic E-state index is 5.95. The van der Waals surface area contributed by atoms with Gasteiger partial charge in [-0.3, -0.25) is 0 Å². The number of ether oxygens (including phenoxy) is 2. The van der Waals surface area contributed by atoms with Crippen LogP contribution in [0.2, 0.25) is 0 Å². The van der Waals surface area contributed by atoms with E-state index in [0.717, 1.165) is 24.2 Å². The van der Waals surface area contributed by atoms with E-state index in [1.165, 1.54) is 11.9 Å². The molecule has 2 aromatic rings. The van der Waals surface area contributed by atoms with Crippen molar-refractivity contribution in [2.75, 3.05) is 19.5 Å². The van der Waals surface area contributed by atoms with Crippen LogP contribution in [0, 0.1) is 0 Å². The topological polar surface area (TPSA) is 56.3 Å². The number of rotatable bonds is 6. The second-order valence-corrected chi connectivity index (χ2v) is 4.55. The zero-order valence-electron chi connectivity index (χ0n) is 12.9. The number of methoxy groups -OCH3 is 1. The van der Waals surface area contributed by atoms with E-state index in [2.05, 4.69) is 22.2 Å². The molecule has 0 spiro atoms. The molecule has 0 fully saturated rings. The van der Waals surface area contributed by atoms with Crippen LogP contribution in [0.3, 0.4) is 0 Å². The summed E-state index contributed by atoms with van der Waals surface area (Å²) in [4.78, 5) is 8.45. The van der Waals surface area contributed by atoms with E-state index in [1.807, 2.05) is 32.2 Å². The van der Waals surface area contributed by atoms with Gasteiger partial charge in [-0.1, -0.05) is 19.9 Å². The van der Waals surface area contributed by atoms with Crippen molar-refractivity contribution < 1.29 is 9.47 Å². The molecule has 1 heterocycles. The first kappa shape index (κ1) is 15.1. The van der Waals surface area contributed by atoms with Crippen molar-refractivity contribution >= 4 is 5.82 Å². The van der Waals surface area contributed by atoms with Crippen molar-refractivity contribution in [1.82, 2.24) is 9.97 Å². The van der Waals surface area contributed by atoms with Gasteiger partial charge < -0.3 is 14.8 Å². The first-order chi connectivity index (χ1) is 10.2. The third kappa shape index (κ3) is 3.24. The lowest BCUT2D eigenvalue weighted by molar-refractivity contribution is 0.372. The van der Waals surface area contributed by atoms with Gasteiger partial charge in [-0.15, -0.1) is 0 Å². The quantitative estimate of drug-likeness (QED) is 0.882. The molecule has 112 valence electrons. The highest BCUT2D eigenvalue weighted by molar-refractivity contribution is 5.51. The fraction of sp³-hybridized carbons (Fsp3) is 0.375. The number of benzene rings is 1. The van der Waals surface area contributed by atoms with Gasteiger partial charge in [0.05, 0.1) is 12.7 Å². The number of anilines is 1. The minimum absolute atomic E-state index is 0.555. The van der Waals surface area contributed by atoms with E-state index >= 15 is 0 Å². The SMILES string of the molecule is CCc1ccc(Oc2ncnc(NC)c2CC)c(OC)c1. The molecule has 0 radical (unpaired) electrons. The Labute approximate surface area is 125 Å². The van der Waals surface area contributed by atoms with Gasteiger partial charge >= 0.3 is 0 Å². The molecule has 2 rings (SSSR count). The number of nitrogens with zero attached hydrogens (tertiary/aromatic N) is 2. The third-order valence-electron chi connectivity index (χ3n) is 3.34. The Morgan fingerprint density at radius 3 is 2.52 bits per heavy atom. The highest BCUT2D eigenvalue weighted by atomic mass is 16.5. The second-order valence-electron chi connectivity index (χ2n) is 4.55. The molecular formula is C16H21N3O2. The fourth-order valence-corrected chi connectivity index (χ4v) is 2.14. The van der Waals surface area contributed by atoms with Crippen molar-refractivity contribution in [1.29, 1.82) is 0 Å². The third-order valence-corrected chi connectivity index (χ3v) is 3.34. The van der Waals surface area contributed by atoms with Crippen LogP contribution in [0.4, 0.5) is 5.82 Å². The second kappa shape index (κ2) is 6.92. The monoisotopic (exact) mass is 287 g/mol. The summed E-state index contributed by atoms with van der Waals surface area (Å²) in [5, 5.41) is 3.06. The smallest absolute Gasteiger partial charge is 0.227 e. The van der Waals surface area contributed by atoms with Crippen LogP contribution in [-0.2, 0) is 12.8 Å². The number of hydrogen-bond donors (Lipinski definition) is 1. The number of nitrogens with one attached hydrogen (secondary N) is 1. The van der Waals surface area contributed by atoms with Crippen molar-refractivity contribution in [2.24, 2.45) is 0 Å². The molecule has 0 aliphatic heterocycles. The summed E-state index contributed by atoms with van der Waals surface area (Å²) < 4.78 is 11.4. The molecule has 0 aliphatic carbocycles. The Hall–Kier alpha value is -2.30. The molecule has 0 saturated heterocycles. The van der Waals surface area contributed by atoms with Crippen molar-refractivity contribution in [3.8, 4) is 17.4 Å². The Bertz CT molecular complexity index is 614. The first-order valence-electron chi connectivity index (χ1n) is 7.09. The van der Waals surface area contributed by atoms with Crippen molar-refractivity contribution in [2.45, 2.75) is 26.7 Å². The largest absolute Gasteiger partial charge is 0.493 e. The van der Waals surface area contributed by atoms with Crippen LogP contribution < -0.4 is 14.8 Å². The molecule has 1 N–H and O–H groups in total. The van der Waals surface area contributed by atoms with E-state index in [4.69, 9.17) is 9.47 Å². The molecule has 0 aliphatic rings. The van der Waals surface area contributed by atoms with E-state index in [0.29, 0.717) is 17.4 Å². The Balaban J connectivity index is 2.38. The molecule has 5 nitrogen and oxygen atoms in total. The van der Waals surface area contributed by atoms with Crippen LogP contribution in [0.1, 0.15) is 25.0 Å². The van der Waals surface area contributed by atoms with E-state index in [1.54, 1.807) is 7.11 Å². The Morgan fingerprint density at radius 1 is 1.10 bits per heavy atom. The molecule has 0 amide bonds. The summed E-state index contributed by atoms with van der Waals surface area (Å²) in [6.07, 6.45) is 3.23. The number of aryl methyl sites for hydroxylation is 1. The lowest BCUT2D eigenvalue weighted by atomic mass is 10.1. The predicted molar refractivity (Wildman–Crippen MR) is 83.4 cm³/mol. The standard InChI is InChI=1S/C16H21N3O2/c1-5-11-7-8-13(14(9-11)20-4)21-16-12(6-2)15(17-3)18-10-19-16/h7-10H,5-6H2,1-4H3,(H,17,18,19). The average molecular weight is 287 g/mol. The van der Waals surface area contributed by atoms with Gasteiger partial charge in [0.2, 0.25) is 5.88 Å². The highest BCUT2D eigenvalue weighted by Gasteiger charge is 2.13. The molecule has 5 heteroatoms. The molecule has 0 saturated carbocycles. The van der Waals surface area contributed by atoms with Crippen LogP contribution >= 0.6 is 0 Å². The van der Waals surface area contributed by atoms with Crippen molar-refractivity contribution in [3.05, 3.63) is 35.7 Å². The summed E-state index contributed by atoms with van der Waals surface area (Å²) >= 11 is 0. The van der Waals surface area contributed by atoms with Crippen LogP contribution in [0.25, 0.3) is 0 Å². The van der Waals surface area contributed by atoms with E-state index in [9.17, 15) is 0 Å². The van der Waals surface area contributed by atoms with Gasteiger partial charge in [0.25, 0.3) is 0 Å². The normalized spacial score (nSPS) is 10.3. The van der Waals surface area contributed by atoms with Gasteiger partial charge in [0.1, 0.15) is 12.1 Å². The zero-order valence-corrected chi connectivity index (χ0v) is 12.9. The predicted octanol–water partition coefficient (Wildman–Crippen LogP) is 3.44. The van der Waals surface area contributed by atoms with Crippen LogP contribution in [0.15, 0.2) is 24.5 Å². The Kier molecular flexibility index (Phi) is 4.98. The maximum absolute atomic E-state index is 5.95. The minimum atomic E-state index is 0.555. The summed E-state index contributed by atoms with van der Waals surface area (Å²) in [7, 11) is 3.48. The lowest BCUT2D eigenvalue weighted by Gasteiger charge is -2.14. The van der Waals surface area contributed by atoms with Crippen molar-refractivity contribution in [3.63, 3.8) is 0 Å². The van der Waals surface area contributed by atoms with Crippen LogP contribution in [-0.4, -0.2) is 24.1 Å². The lowest BCUT2D eigenvalue weighted by Crippen LogP contribution is -2.03. The zero-order chi connectivity index (χ0) is 15.2. The molecule has 0 atom stereocenters. The van der Waals surface area contributed by atoms with Gasteiger partial charge in [-0.2, -0.15) is 0 Å². The van der Waals surface area contributed by atoms with Crippen LogP contribution in [0.5, 0.6) is 17.4 Å². The molecule has 0 unspecified atom stereocenters. The van der Waals surface area contributed by atoms with E-state index in [-0.39, 0.29) is 0 Å². The molecule has 1 aromatic heterocycles. The minimum Gasteiger partial charge on any atom is -0.493 e. The van der Waals surface area contributed by atoms with Gasteiger partial charge in [0.15, 0.2) is 11.5 Å².